The van der Waals surface area contributed by atoms with E-state index in [0.717, 1.165) is 11.1 Å². The maximum Gasteiger partial charge on any atom is 0.410 e. The highest BCUT2D eigenvalue weighted by molar-refractivity contribution is 5.77. The molecule has 3 rings (SSSR count). The molecule has 1 saturated heterocycles. The Balaban J connectivity index is 1.63. The summed E-state index contributed by atoms with van der Waals surface area (Å²) in [5.74, 6) is 0.0268. The molecule has 1 aliphatic heterocycles. The Morgan fingerprint density at radius 2 is 1.59 bits per heavy atom. The molecule has 1 N–H and O–H groups in total. The largest absolute Gasteiger partial charge is 0.445 e. The number of hydrogen-bond donors (Lipinski definition) is 1. The predicted molar refractivity (Wildman–Crippen MR) is 104 cm³/mol. The van der Waals surface area contributed by atoms with E-state index in [4.69, 9.17) is 4.74 Å². The molecule has 1 aliphatic rings. The van der Waals surface area contributed by atoms with Crippen molar-refractivity contribution in [3.63, 3.8) is 0 Å². The maximum atomic E-state index is 12.4. The molecule has 0 unspecified atom stereocenters. The second-order valence-electron chi connectivity index (χ2n) is 6.88. The molecule has 0 spiro atoms. The molecule has 0 saturated carbocycles. The number of hydrogen-bond acceptors (Lipinski definition) is 3. The Labute approximate surface area is 160 Å². The van der Waals surface area contributed by atoms with E-state index >= 15 is 0 Å². The van der Waals surface area contributed by atoms with Crippen molar-refractivity contribution < 1.29 is 14.3 Å². The maximum absolute atomic E-state index is 12.4. The Hall–Kier alpha value is -2.82. The van der Waals surface area contributed by atoms with E-state index < -0.39 is 5.54 Å². The zero-order chi connectivity index (χ0) is 19.1. The number of piperidine rings is 1. The van der Waals surface area contributed by atoms with Gasteiger partial charge in [0.15, 0.2) is 0 Å². The lowest BCUT2D eigenvalue weighted by molar-refractivity contribution is -0.123. The minimum Gasteiger partial charge on any atom is -0.445 e. The van der Waals surface area contributed by atoms with Gasteiger partial charge in [0.05, 0.1) is 5.54 Å². The average Bonchev–Trinajstić information content (AvgIpc) is 2.74. The van der Waals surface area contributed by atoms with Gasteiger partial charge >= 0.3 is 6.09 Å². The number of carbonyl (C=O) groups excluding carboxylic acids is 2. The number of carbonyl (C=O) groups is 2. The Bertz CT molecular complexity index is 754. The van der Waals surface area contributed by atoms with Crippen LogP contribution in [0.4, 0.5) is 4.79 Å². The van der Waals surface area contributed by atoms with Gasteiger partial charge in [0.1, 0.15) is 6.61 Å². The highest BCUT2D eigenvalue weighted by atomic mass is 16.6. The molecule has 5 nitrogen and oxygen atoms in total. The van der Waals surface area contributed by atoms with Gasteiger partial charge in [0, 0.05) is 19.5 Å². The fraction of sp³-hybridized carbons (Fsp3) is 0.364. The second-order valence-corrected chi connectivity index (χ2v) is 6.88. The van der Waals surface area contributed by atoms with Gasteiger partial charge in [-0.15, -0.1) is 0 Å². The minimum atomic E-state index is -0.426. The molecule has 0 radical (unpaired) electrons. The van der Waals surface area contributed by atoms with Gasteiger partial charge in [-0.05, 0) is 24.0 Å². The lowest BCUT2D eigenvalue weighted by Gasteiger charge is -2.42. The van der Waals surface area contributed by atoms with Crippen LogP contribution in [0, 0.1) is 0 Å². The molecule has 2 aromatic rings. The molecule has 1 heterocycles. The highest BCUT2D eigenvalue weighted by Gasteiger charge is 2.38. The summed E-state index contributed by atoms with van der Waals surface area (Å²) in [4.78, 5) is 26.3. The first-order valence-corrected chi connectivity index (χ1v) is 9.45. The van der Waals surface area contributed by atoms with Crippen LogP contribution < -0.4 is 5.32 Å². The first-order chi connectivity index (χ1) is 13.1. The van der Waals surface area contributed by atoms with E-state index in [2.05, 4.69) is 5.32 Å². The minimum absolute atomic E-state index is 0.0268. The van der Waals surface area contributed by atoms with Gasteiger partial charge in [-0.3, -0.25) is 4.79 Å². The normalized spacial score (nSPS) is 15.8. The van der Waals surface area contributed by atoms with Crippen LogP contribution in [-0.4, -0.2) is 30.0 Å². The van der Waals surface area contributed by atoms with Crippen LogP contribution in [0.2, 0.25) is 0 Å². The van der Waals surface area contributed by atoms with Crippen molar-refractivity contribution in [1.82, 2.24) is 10.2 Å². The van der Waals surface area contributed by atoms with E-state index in [1.807, 2.05) is 67.6 Å². The monoisotopic (exact) mass is 366 g/mol. The zero-order valence-corrected chi connectivity index (χ0v) is 15.7. The van der Waals surface area contributed by atoms with Gasteiger partial charge in [-0.2, -0.15) is 0 Å². The van der Waals surface area contributed by atoms with Gasteiger partial charge in [0.25, 0.3) is 0 Å². The van der Waals surface area contributed by atoms with E-state index in [1.165, 1.54) is 0 Å². The van der Waals surface area contributed by atoms with Crippen molar-refractivity contribution in [3.05, 3.63) is 71.8 Å². The molecule has 1 fully saturated rings. The lowest BCUT2D eigenvalue weighted by atomic mass is 9.80. The van der Waals surface area contributed by atoms with Crippen molar-refractivity contribution in [2.24, 2.45) is 0 Å². The number of nitrogens with one attached hydrogen (secondary N) is 1. The van der Waals surface area contributed by atoms with Gasteiger partial charge in [0.2, 0.25) is 5.91 Å². The van der Waals surface area contributed by atoms with Crippen LogP contribution in [0.3, 0.4) is 0 Å². The third kappa shape index (κ3) is 4.67. The SMILES string of the molecule is CCC(=O)NC1(c2ccccc2)CCN(C(=O)OCc2ccccc2)CC1. The quantitative estimate of drug-likeness (QED) is 0.875. The van der Waals surface area contributed by atoms with E-state index in [0.29, 0.717) is 32.4 Å². The van der Waals surface area contributed by atoms with Crippen LogP contribution in [-0.2, 0) is 21.7 Å². The standard InChI is InChI=1S/C22H26N2O3/c1-2-20(25)23-22(19-11-7-4-8-12-19)13-15-24(16-14-22)21(26)27-17-18-9-5-3-6-10-18/h3-12H,2,13-17H2,1H3,(H,23,25). The second kappa shape index (κ2) is 8.71. The number of nitrogens with zero attached hydrogens (tertiary/aromatic N) is 1. The molecule has 0 aliphatic carbocycles. The molecular formula is C22H26N2O3. The first-order valence-electron chi connectivity index (χ1n) is 9.45. The van der Waals surface area contributed by atoms with Gasteiger partial charge < -0.3 is 15.0 Å². The van der Waals surface area contributed by atoms with E-state index in [-0.39, 0.29) is 18.6 Å². The average molecular weight is 366 g/mol. The Morgan fingerprint density at radius 1 is 1.00 bits per heavy atom. The molecule has 2 aromatic carbocycles. The number of benzene rings is 2. The van der Waals surface area contributed by atoms with Crippen LogP contribution in [0.15, 0.2) is 60.7 Å². The van der Waals surface area contributed by atoms with Crippen molar-refractivity contribution in [1.29, 1.82) is 0 Å². The summed E-state index contributed by atoms with van der Waals surface area (Å²) >= 11 is 0. The molecule has 2 amide bonds. The summed E-state index contributed by atoms with van der Waals surface area (Å²) in [5.41, 5.74) is 1.63. The highest BCUT2D eigenvalue weighted by Crippen LogP contribution is 2.33. The number of likely N-dealkylation sites (tertiary alicyclic amines) is 1. The first kappa shape index (κ1) is 19.0. The predicted octanol–water partition coefficient (Wildman–Crippen LogP) is 3.84. The molecule has 0 aromatic heterocycles. The van der Waals surface area contributed by atoms with Crippen LogP contribution >= 0.6 is 0 Å². The Kier molecular flexibility index (Phi) is 6.12. The van der Waals surface area contributed by atoms with Crippen LogP contribution in [0.5, 0.6) is 0 Å². The molecule has 27 heavy (non-hydrogen) atoms. The lowest BCUT2D eigenvalue weighted by Crippen LogP contribution is -2.54. The smallest absolute Gasteiger partial charge is 0.410 e. The zero-order valence-electron chi connectivity index (χ0n) is 15.7. The topological polar surface area (TPSA) is 58.6 Å². The van der Waals surface area contributed by atoms with Gasteiger partial charge in [-0.1, -0.05) is 67.6 Å². The van der Waals surface area contributed by atoms with Crippen molar-refractivity contribution in [2.75, 3.05) is 13.1 Å². The molecule has 142 valence electrons. The Morgan fingerprint density at radius 3 is 2.19 bits per heavy atom. The van der Waals surface area contributed by atoms with Crippen molar-refractivity contribution in [2.45, 2.75) is 38.3 Å². The fourth-order valence-corrected chi connectivity index (χ4v) is 3.48. The molecule has 0 atom stereocenters. The van der Waals surface area contributed by atoms with E-state index in [9.17, 15) is 9.59 Å². The number of amides is 2. The van der Waals surface area contributed by atoms with Crippen molar-refractivity contribution >= 4 is 12.0 Å². The molecule has 0 bridgehead atoms. The summed E-state index contributed by atoms with van der Waals surface area (Å²) in [6.07, 6.45) is 1.48. The summed E-state index contributed by atoms with van der Waals surface area (Å²) in [6.45, 7) is 3.22. The molecular weight excluding hydrogens is 340 g/mol. The van der Waals surface area contributed by atoms with Gasteiger partial charge in [-0.25, -0.2) is 4.79 Å². The third-order valence-corrected chi connectivity index (χ3v) is 5.11. The van der Waals surface area contributed by atoms with Crippen LogP contribution in [0.1, 0.15) is 37.3 Å². The number of ether oxygens (including phenoxy) is 1. The van der Waals surface area contributed by atoms with Crippen molar-refractivity contribution in [3.8, 4) is 0 Å². The fourth-order valence-electron chi connectivity index (χ4n) is 3.48. The summed E-state index contributed by atoms with van der Waals surface area (Å²) < 4.78 is 5.44. The third-order valence-electron chi connectivity index (χ3n) is 5.11. The molecule has 5 heteroatoms. The van der Waals surface area contributed by atoms with Crippen LogP contribution in [0.25, 0.3) is 0 Å². The van der Waals surface area contributed by atoms with E-state index in [1.54, 1.807) is 4.90 Å². The summed E-state index contributed by atoms with van der Waals surface area (Å²) in [5, 5.41) is 3.20. The summed E-state index contributed by atoms with van der Waals surface area (Å²) in [6, 6.07) is 19.7. The summed E-state index contributed by atoms with van der Waals surface area (Å²) in [7, 11) is 0. The number of rotatable bonds is 5.